The molecule has 0 atom stereocenters. The number of piperazine rings is 1. The number of hydrogen-bond acceptors (Lipinski definition) is 3. The van der Waals surface area contributed by atoms with E-state index in [-0.39, 0.29) is 5.91 Å². The molecule has 0 unspecified atom stereocenters. The quantitative estimate of drug-likeness (QED) is 0.863. The van der Waals surface area contributed by atoms with E-state index < -0.39 is 0 Å². The minimum absolute atomic E-state index is 0.141. The molecule has 0 radical (unpaired) electrons. The third-order valence-corrected chi connectivity index (χ3v) is 4.09. The van der Waals surface area contributed by atoms with Crippen LogP contribution in [0, 0.1) is 0 Å². The van der Waals surface area contributed by atoms with Gasteiger partial charge in [0.25, 0.3) is 0 Å². The zero-order chi connectivity index (χ0) is 15.4. The van der Waals surface area contributed by atoms with E-state index >= 15 is 0 Å². The summed E-state index contributed by atoms with van der Waals surface area (Å²) in [5.41, 5.74) is 3.70. The molecule has 114 valence electrons. The van der Waals surface area contributed by atoms with Crippen molar-refractivity contribution in [3.63, 3.8) is 0 Å². The van der Waals surface area contributed by atoms with Gasteiger partial charge in [0, 0.05) is 26.2 Å². The maximum Gasteiger partial charge on any atom is 0.227 e. The molecule has 3 rings (SSSR count). The molecule has 1 saturated heterocycles. The van der Waals surface area contributed by atoms with Crippen molar-refractivity contribution in [1.82, 2.24) is 15.3 Å². The Labute approximate surface area is 129 Å². The molecule has 1 fully saturated rings. The van der Waals surface area contributed by atoms with Gasteiger partial charge in [-0.1, -0.05) is 42.5 Å². The van der Waals surface area contributed by atoms with E-state index in [0.29, 0.717) is 39.0 Å². The fourth-order valence-corrected chi connectivity index (χ4v) is 2.88. The third kappa shape index (κ3) is 3.09. The second kappa shape index (κ2) is 6.58. The zero-order valence-corrected chi connectivity index (χ0v) is 12.4. The highest BCUT2D eigenvalue weighted by atomic mass is 16.2. The molecule has 0 aliphatic carbocycles. The molecule has 2 aromatic rings. The monoisotopic (exact) mass is 297 g/mol. The van der Waals surface area contributed by atoms with Crippen LogP contribution < -0.4 is 5.43 Å². The van der Waals surface area contributed by atoms with Crippen LogP contribution in [-0.2, 0) is 16.0 Å². The number of hydrogen-bond donors (Lipinski definition) is 1. The summed E-state index contributed by atoms with van der Waals surface area (Å²) in [6.07, 6.45) is 1.09. The molecule has 0 aromatic heterocycles. The van der Waals surface area contributed by atoms with Gasteiger partial charge >= 0.3 is 0 Å². The average molecular weight is 297 g/mol. The highest BCUT2D eigenvalue weighted by Crippen LogP contribution is 2.19. The van der Waals surface area contributed by atoms with Gasteiger partial charge in [0.05, 0.1) is 6.42 Å². The third-order valence-electron chi connectivity index (χ3n) is 4.09. The van der Waals surface area contributed by atoms with Crippen molar-refractivity contribution in [1.29, 1.82) is 0 Å². The predicted octanol–water partition coefficient (Wildman–Crippen LogP) is 1.19. The Balaban J connectivity index is 1.68. The molecule has 0 bridgehead atoms. The molecule has 22 heavy (non-hydrogen) atoms. The van der Waals surface area contributed by atoms with Crippen LogP contribution in [0.3, 0.4) is 0 Å². The van der Waals surface area contributed by atoms with Crippen molar-refractivity contribution >= 4 is 23.1 Å². The summed E-state index contributed by atoms with van der Waals surface area (Å²) in [6.45, 7) is 2.62. The number of amides is 2. The van der Waals surface area contributed by atoms with Crippen molar-refractivity contribution in [3.05, 3.63) is 48.0 Å². The molecule has 1 aliphatic heterocycles. The molecule has 2 amide bonds. The van der Waals surface area contributed by atoms with Crippen LogP contribution in [0.15, 0.2) is 42.5 Å². The summed E-state index contributed by atoms with van der Waals surface area (Å²) in [7, 11) is 0. The summed E-state index contributed by atoms with van der Waals surface area (Å²) in [6, 6.07) is 14.2. The molecule has 1 aliphatic rings. The van der Waals surface area contributed by atoms with E-state index in [2.05, 4.69) is 23.6 Å². The molecule has 1 N–H and O–H groups in total. The first-order valence-electron chi connectivity index (χ1n) is 7.47. The van der Waals surface area contributed by atoms with Gasteiger partial charge < -0.3 is 4.90 Å². The van der Waals surface area contributed by atoms with Crippen molar-refractivity contribution in [3.8, 4) is 0 Å². The number of carbonyl (C=O) groups excluding carboxylic acids is 2. The minimum Gasteiger partial charge on any atom is -0.340 e. The number of fused-ring (bicyclic) bond motifs is 1. The summed E-state index contributed by atoms with van der Waals surface area (Å²) in [4.78, 5) is 24.8. The van der Waals surface area contributed by atoms with Gasteiger partial charge in [0.15, 0.2) is 0 Å². The van der Waals surface area contributed by atoms with E-state index in [0.717, 1.165) is 16.3 Å². The second-order valence-electron chi connectivity index (χ2n) is 5.43. The van der Waals surface area contributed by atoms with E-state index in [1.807, 2.05) is 34.2 Å². The first-order chi connectivity index (χ1) is 10.8. The maximum atomic E-state index is 12.5. The van der Waals surface area contributed by atoms with Gasteiger partial charge in [-0.3, -0.25) is 15.0 Å². The molecule has 0 saturated carbocycles. The van der Waals surface area contributed by atoms with Gasteiger partial charge in [-0.05, 0) is 16.3 Å². The molecule has 5 heteroatoms. The van der Waals surface area contributed by atoms with E-state index in [1.165, 1.54) is 0 Å². The first kappa shape index (κ1) is 14.5. The lowest BCUT2D eigenvalue weighted by atomic mass is 10.0. The van der Waals surface area contributed by atoms with Crippen LogP contribution in [0.1, 0.15) is 5.56 Å². The lowest BCUT2D eigenvalue weighted by Crippen LogP contribution is -2.53. The molecule has 2 aromatic carbocycles. The highest BCUT2D eigenvalue weighted by molar-refractivity contribution is 5.90. The Hall–Kier alpha value is -2.40. The lowest BCUT2D eigenvalue weighted by Gasteiger charge is -2.33. The summed E-state index contributed by atoms with van der Waals surface area (Å²) < 4.78 is 0. The molecule has 0 spiro atoms. The van der Waals surface area contributed by atoms with Crippen LogP contribution in [0.4, 0.5) is 0 Å². The Morgan fingerprint density at radius 3 is 2.55 bits per heavy atom. The van der Waals surface area contributed by atoms with Gasteiger partial charge in [0.2, 0.25) is 12.3 Å². The number of rotatable bonds is 4. The van der Waals surface area contributed by atoms with Crippen molar-refractivity contribution in [2.75, 3.05) is 26.2 Å². The summed E-state index contributed by atoms with van der Waals surface area (Å²) in [5, 5.41) is 4.13. The molecular formula is C17H19N3O2. The topological polar surface area (TPSA) is 52.7 Å². The molecular weight excluding hydrogens is 278 g/mol. The highest BCUT2D eigenvalue weighted by Gasteiger charge is 2.21. The van der Waals surface area contributed by atoms with Crippen LogP contribution in [0.5, 0.6) is 0 Å². The van der Waals surface area contributed by atoms with Crippen LogP contribution >= 0.6 is 0 Å². The number of nitrogens with one attached hydrogen (secondary N) is 1. The maximum absolute atomic E-state index is 12.5. The second-order valence-corrected chi connectivity index (χ2v) is 5.43. The largest absolute Gasteiger partial charge is 0.340 e. The van der Waals surface area contributed by atoms with Crippen LogP contribution in [0.25, 0.3) is 10.8 Å². The molecule has 1 heterocycles. The van der Waals surface area contributed by atoms with Crippen LogP contribution in [-0.4, -0.2) is 48.4 Å². The number of nitrogens with zero attached hydrogens (tertiary/aromatic N) is 2. The van der Waals surface area contributed by atoms with Gasteiger partial charge in [-0.2, -0.15) is 0 Å². The van der Waals surface area contributed by atoms with Crippen LogP contribution in [0.2, 0.25) is 0 Å². The number of hydrazine groups is 1. The predicted molar refractivity (Wildman–Crippen MR) is 85.0 cm³/mol. The van der Waals surface area contributed by atoms with E-state index in [1.54, 1.807) is 0 Å². The van der Waals surface area contributed by atoms with E-state index in [9.17, 15) is 9.59 Å². The SMILES string of the molecule is O=CNN1CCN(C(=O)Cc2cccc3ccccc23)CC1. The summed E-state index contributed by atoms with van der Waals surface area (Å²) in [5.74, 6) is 0.141. The van der Waals surface area contributed by atoms with Crippen molar-refractivity contribution in [2.45, 2.75) is 6.42 Å². The number of carbonyl (C=O) groups is 2. The average Bonchev–Trinajstić information content (AvgIpc) is 2.56. The van der Waals surface area contributed by atoms with Gasteiger partial charge in [-0.25, -0.2) is 5.01 Å². The minimum atomic E-state index is 0.141. The first-order valence-corrected chi connectivity index (χ1v) is 7.47. The lowest BCUT2D eigenvalue weighted by molar-refractivity contribution is -0.132. The standard InChI is InChI=1S/C17H19N3O2/c21-13-18-20-10-8-19(9-11-20)17(22)12-15-6-3-5-14-4-1-2-7-16(14)15/h1-7,13H,8-12H2,(H,18,21). The Kier molecular flexibility index (Phi) is 4.34. The van der Waals surface area contributed by atoms with Crippen molar-refractivity contribution in [2.24, 2.45) is 0 Å². The Bertz CT molecular complexity index is 673. The normalized spacial score (nSPS) is 15.7. The smallest absolute Gasteiger partial charge is 0.227 e. The van der Waals surface area contributed by atoms with Gasteiger partial charge in [-0.15, -0.1) is 0 Å². The fourth-order valence-electron chi connectivity index (χ4n) is 2.88. The molecule has 5 nitrogen and oxygen atoms in total. The van der Waals surface area contributed by atoms with Gasteiger partial charge in [0.1, 0.15) is 0 Å². The fraction of sp³-hybridized carbons (Fsp3) is 0.294. The number of benzene rings is 2. The van der Waals surface area contributed by atoms with Crippen molar-refractivity contribution < 1.29 is 9.59 Å². The Morgan fingerprint density at radius 2 is 1.77 bits per heavy atom. The van der Waals surface area contributed by atoms with E-state index in [4.69, 9.17) is 0 Å². The Morgan fingerprint density at radius 1 is 1.05 bits per heavy atom. The summed E-state index contributed by atoms with van der Waals surface area (Å²) >= 11 is 0. The zero-order valence-electron chi connectivity index (χ0n) is 12.4.